The van der Waals surface area contributed by atoms with Crippen molar-refractivity contribution in [3.8, 4) is 0 Å². The van der Waals surface area contributed by atoms with E-state index < -0.39 is 24.5 Å². The SMILES string of the molecule is Cc1[nH]c2ccc(C(=O)OCC(=O)NC(=O)NCc3cccs3)cc2c1C. The number of amides is 3. The summed E-state index contributed by atoms with van der Waals surface area (Å²) >= 11 is 1.50. The van der Waals surface area contributed by atoms with Gasteiger partial charge in [-0.3, -0.25) is 10.1 Å². The summed E-state index contributed by atoms with van der Waals surface area (Å²) in [6, 6.07) is 8.26. The highest BCUT2D eigenvalue weighted by Gasteiger charge is 2.14. The quantitative estimate of drug-likeness (QED) is 0.588. The number of imide groups is 1. The Bertz CT molecular complexity index is 992. The number of aromatic nitrogens is 1. The fourth-order valence-electron chi connectivity index (χ4n) is 2.59. The van der Waals surface area contributed by atoms with E-state index >= 15 is 0 Å². The lowest BCUT2D eigenvalue weighted by Crippen LogP contribution is -2.41. The first-order valence-corrected chi connectivity index (χ1v) is 9.18. The molecule has 7 nitrogen and oxygen atoms in total. The van der Waals surface area contributed by atoms with E-state index in [1.165, 1.54) is 11.3 Å². The van der Waals surface area contributed by atoms with Crippen LogP contribution < -0.4 is 10.6 Å². The number of benzene rings is 1. The third-order valence-corrected chi connectivity index (χ3v) is 5.01. The number of esters is 1. The number of fused-ring (bicyclic) bond motifs is 1. The molecule has 2 aromatic heterocycles. The van der Waals surface area contributed by atoms with Gasteiger partial charge in [-0.25, -0.2) is 9.59 Å². The van der Waals surface area contributed by atoms with Crippen molar-refractivity contribution in [2.75, 3.05) is 6.61 Å². The molecule has 0 saturated carbocycles. The molecule has 3 rings (SSSR count). The first-order valence-electron chi connectivity index (χ1n) is 8.30. The molecule has 0 unspecified atom stereocenters. The highest BCUT2D eigenvalue weighted by Crippen LogP contribution is 2.22. The van der Waals surface area contributed by atoms with Gasteiger partial charge in [0.15, 0.2) is 6.61 Å². The summed E-state index contributed by atoms with van der Waals surface area (Å²) in [5.74, 6) is -1.31. The molecule has 0 saturated heterocycles. The van der Waals surface area contributed by atoms with Crippen molar-refractivity contribution in [3.05, 3.63) is 57.4 Å². The number of ether oxygens (including phenoxy) is 1. The molecule has 0 aliphatic rings. The Balaban J connectivity index is 1.50. The van der Waals surface area contributed by atoms with Crippen molar-refractivity contribution in [2.45, 2.75) is 20.4 Å². The second kappa shape index (κ2) is 8.05. The van der Waals surface area contributed by atoms with E-state index in [1.807, 2.05) is 31.4 Å². The van der Waals surface area contributed by atoms with Crippen molar-refractivity contribution < 1.29 is 19.1 Å². The molecule has 0 aliphatic carbocycles. The van der Waals surface area contributed by atoms with Gasteiger partial charge in [0.1, 0.15) is 0 Å². The minimum atomic E-state index is -0.693. The van der Waals surface area contributed by atoms with Crippen LogP contribution in [0.25, 0.3) is 10.9 Å². The number of hydrogen-bond acceptors (Lipinski definition) is 5. The van der Waals surface area contributed by atoms with Gasteiger partial charge in [0, 0.05) is 21.5 Å². The Labute approximate surface area is 159 Å². The van der Waals surface area contributed by atoms with Gasteiger partial charge >= 0.3 is 12.0 Å². The second-order valence-electron chi connectivity index (χ2n) is 6.02. The Morgan fingerprint density at radius 1 is 1.19 bits per heavy atom. The van der Waals surface area contributed by atoms with E-state index in [2.05, 4.69) is 15.6 Å². The maximum Gasteiger partial charge on any atom is 0.338 e. The number of hydrogen-bond donors (Lipinski definition) is 3. The van der Waals surface area contributed by atoms with Crippen molar-refractivity contribution in [1.82, 2.24) is 15.6 Å². The highest BCUT2D eigenvalue weighted by molar-refractivity contribution is 7.09. The zero-order valence-corrected chi connectivity index (χ0v) is 15.7. The van der Waals surface area contributed by atoms with Crippen molar-refractivity contribution in [1.29, 1.82) is 0 Å². The van der Waals surface area contributed by atoms with Crippen LogP contribution in [0.2, 0.25) is 0 Å². The number of nitrogens with one attached hydrogen (secondary N) is 3. The molecule has 2 heterocycles. The molecule has 8 heteroatoms. The average molecular weight is 385 g/mol. The molecule has 27 heavy (non-hydrogen) atoms. The van der Waals surface area contributed by atoms with Crippen LogP contribution in [0.4, 0.5) is 4.79 Å². The second-order valence-corrected chi connectivity index (χ2v) is 7.05. The summed E-state index contributed by atoms with van der Waals surface area (Å²) < 4.78 is 5.00. The smallest absolute Gasteiger partial charge is 0.338 e. The van der Waals surface area contributed by atoms with Crippen molar-refractivity contribution in [2.24, 2.45) is 0 Å². The minimum absolute atomic E-state index is 0.325. The van der Waals surface area contributed by atoms with Gasteiger partial charge < -0.3 is 15.0 Å². The van der Waals surface area contributed by atoms with Gasteiger partial charge in [-0.05, 0) is 49.1 Å². The van der Waals surface area contributed by atoms with E-state index in [0.717, 1.165) is 27.0 Å². The van der Waals surface area contributed by atoms with Crippen LogP contribution in [0.5, 0.6) is 0 Å². The topological polar surface area (TPSA) is 100 Å². The summed E-state index contributed by atoms with van der Waals surface area (Å²) in [4.78, 5) is 39.8. The number of aromatic amines is 1. The lowest BCUT2D eigenvalue weighted by Gasteiger charge is -2.07. The molecule has 0 spiro atoms. The number of rotatable bonds is 5. The van der Waals surface area contributed by atoms with Crippen LogP contribution in [0, 0.1) is 13.8 Å². The lowest BCUT2D eigenvalue weighted by atomic mass is 10.1. The maximum absolute atomic E-state index is 12.2. The van der Waals surface area contributed by atoms with Gasteiger partial charge in [0.25, 0.3) is 5.91 Å². The zero-order valence-electron chi connectivity index (χ0n) is 14.9. The monoisotopic (exact) mass is 385 g/mol. The van der Waals surface area contributed by atoms with Gasteiger partial charge in [0.2, 0.25) is 0 Å². The highest BCUT2D eigenvalue weighted by atomic mass is 32.1. The molecule has 0 radical (unpaired) electrons. The lowest BCUT2D eigenvalue weighted by molar-refractivity contribution is -0.123. The van der Waals surface area contributed by atoms with E-state index in [0.29, 0.717) is 12.1 Å². The van der Waals surface area contributed by atoms with E-state index in [1.54, 1.807) is 18.2 Å². The molecule has 0 fully saturated rings. The Kier molecular flexibility index (Phi) is 5.56. The Hall–Kier alpha value is -3.13. The molecule has 3 N–H and O–H groups in total. The molecule has 0 aliphatic heterocycles. The Morgan fingerprint density at radius 2 is 2.00 bits per heavy atom. The van der Waals surface area contributed by atoms with Crippen molar-refractivity contribution in [3.63, 3.8) is 0 Å². The molecule has 1 aromatic carbocycles. The molecular weight excluding hydrogens is 366 g/mol. The van der Waals surface area contributed by atoms with Crippen LogP contribution in [0.15, 0.2) is 35.7 Å². The van der Waals surface area contributed by atoms with Crippen LogP contribution in [-0.4, -0.2) is 29.5 Å². The van der Waals surface area contributed by atoms with Crippen LogP contribution in [0.3, 0.4) is 0 Å². The first-order chi connectivity index (χ1) is 12.9. The molecule has 3 aromatic rings. The molecule has 0 atom stereocenters. The molecular formula is C19H19N3O4S. The molecule has 3 amide bonds. The summed E-state index contributed by atoms with van der Waals surface area (Å²) in [5, 5.41) is 7.51. The normalized spacial score (nSPS) is 10.6. The standard InChI is InChI=1S/C19H19N3O4S/c1-11-12(2)21-16-6-5-13(8-15(11)16)18(24)26-10-17(23)22-19(25)20-9-14-4-3-7-27-14/h3-8,21H,9-10H2,1-2H3,(H2,20,22,23,25). The number of aryl methyl sites for hydroxylation is 2. The van der Waals surface area contributed by atoms with Crippen LogP contribution in [0.1, 0.15) is 26.5 Å². The summed E-state index contributed by atoms with van der Waals surface area (Å²) in [6.07, 6.45) is 0. The minimum Gasteiger partial charge on any atom is -0.452 e. The fourth-order valence-corrected chi connectivity index (χ4v) is 3.23. The number of carbonyl (C=O) groups excluding carboxylic acids is 3. The van der Waals surface area contributed by atoms with Crippen molar-refractivity contribution >= 4 is 40.1 Å². The number of urea groups is 1. The Morgan fingerprint density at radius 3 is 2.74 bits per heavy atom. The van der Waals surface area contributed by atoms with E-state index in [-0.39, 0.29) is 0 Å². The largest absolute Gasteiger partial charge is 0.452 e. The maximum atomic E-state index is 12.2. The van der Waals surface area contributed by atoms with Gasteiger partial charge in [-0.15, -0.1) is 11.3 Å². The third-order valence-electron chi connectivity index (χ3n) is 4.13. The van der Waals surface area contributed by atoms with Crippen LogP contribution >= 0.6 is 11.3 Å². The van der Waals surface area contributed by atoms with E-state index in [9.17, 15) is 14.4 Å². The molecule has 140 valence electrons. The predicted molar refractivity (Wildman–Crippen MR) is 103 cm³/mol. The number of carbonyl (C=O) groups is 3. The first kappa shape index (κ1) is 18.7. The zero-order chi connectivity index (χ0) is 19.4. The fraction of sp³-hybridized carbons (Fsp3) is 0.211. The van der Waals surface area contributed by atoms with Gasteiger partial charge in [0.05, 0.1) is 12.1 Å². The number of H-pyrrole nitrogens is 1. The summed E-state index contributed by atoms with van der Waals surface area (Å²) in [6.45, 7) is 3.72. The summed E-state index contributed by atoms with van der Waals surface area (Å²) in [5.41, 5.74) is 3.37. The molecule has 0 bridgehead atoms. The van der Waals surface area contributed by atoms with Gasteiger partial charge in [-0.1, -0.05) is 6.07 Å². The predicted octanol–water partition coefficient (Wildman–Crippen LogP) is 3.03. The average Bonchev–Trinajstić information content (AvgIpc) is 3.26. The van der Waals surface area contributed by atoms with E-state index in [4.69, 9.17) is 4.74 Å². The number of thiophene rings is 1. The third kappa shape index (κ3) is 4.53. The summed E-state index contributed by atoms with van der Waals surface area (Å²) in [7, 11) is 0. The van der Waals surface area contributed by atoms with Gasteiger partial charge in [-0.2, -0.15) is 0 Å². The van der Waals surface area contributed by atoms with Crippen LogP contribution in [-0.2, 0) is 16.1 Å².